The summed E-state index contributed by atoms with van der Waals surface area (Å²) in [6, 6.07) is 1.10. The lowest BCUT2D eigenvalue weighted by molar-refractivity contribution is -0.147. The predicted molar refractivity (Wildman–Crippen MR) is 140 cm³/mol. The number of halogens is 5. The zero-order valence-electron chi connectivity index (χ0n) is 22.5. The van der Waals surface area contributed by atoms with E-state index in [2.05, 4.69) is 30.7 Å². The highest BCUT2D eigenvalue weighted by atomic mass is 32.1. The third-order valence-corrected chi connectivity index (χ3v) is 9.34. The smallest absolute Gasteiger partial charge is 0.388 e. The Balaban J connectivity index is 1.23. The summed E-state index contributed by atoms with van der Waals surface area (Å²) in [4.78, 5) is 27.7. The molecule has 3 aliphatic carbocycles. The standard InChI is InChI=1S/C26H28F5N7O3S/c1-37-20(7-21(36-37)41-24(28)29)34-25-35-33-11-38(25)14-2-3-18-15(5-14)22(23(40)32-10-12-4-16(12)27)19(42-18)6-17(39)13-8-26(30,31)9-13/h7,11-14,16,24H,2-6,8-10H2,1H3,(H,32,40)(H,34,35)/t12-,14-,16-/m0/s1. The van der Waals surface area contributed by atoms with E-state index in [9.17, 15) is 31.5 Å². The molecule has 3 aromatic heterocycles. The summed E-state index contributed by atoms with van der Waals surface area (Å²) in [6.07, 6.45) is 1.55. The maximum absolute atomic E-state index is 13.5. The number of carbonyl (C=O) groups excluding carboxylic acids is 2. The molecule has 0 spiro atoms. The third-order valence-electron chi connectivity index (χ3n) is 8.05. The fourth-order valence-electron chi connectivity index (χ4n) is 5.59. The van der Waals surface area contributed by atoms with Crippen LogP contribution in [0.2, 0.25) is 0 Å². The van der Waals surface area contributed by atoms with E-state index in [4.69, 9.17) is 0 Å². The van der Waals surface area contributed by atoms with Gasteiger partial charge in [-0.3, -0.25) is 14.2 Å². The second kappa shape index (κ2) is 10.9. The molecule has 0 aliphatic heterocycles. The van der Waals surface area contributed by atoms with Gasteiger partial charge < -0.3 is 15.4 Å². The van der Waals surface area contributed by atoms with Crippen molar-refractivity contribution in [3.8, 4) is 5.88 Å². The van der Waals surface area contributed by atoms with Crippen LogP contribution in [0, 0.1) is 11.8 Å². The molecule has 0 radical (unpaired) electrons. The van der Waals surface area contributed by atoms with Crippen molar-refractivity contribution in [2.75, 3.05) is 11.9 Å². The minimum atomic E-state index is -3.03. The molecule has 2 saturated carbocycles. The van der Waals surface area contributed by atoms with Crippen LogP contribution in [0.1, 0.15) is 57.4 Å². The maximum Gasteiger partial charge on any atom is 0.388 e. The first-order chi connectivity index (χ1) is 20.0. The second-order valence-corrected chi connectivity index (χ2v) is 12.3. The number of alkyl halides is 5. The number of nitrogens with one attached hydrogen (secondary N) is 2. The highest BCUT2D eigenvalue weighted by molar-refractivity contribution is 7.12. The number of nitrogens with zero attached hydrogens (tertiary/aromatic N) is 5. The summed E-state index contributed by atoms with van der Waals surface area (Å²) in [7, 11) is 1.55. The first-order valence-electron chi connectivity index (χ1n) is 13.6. The van der Waals surface area contributed by atoms with Crippen LogP contribution in [0.3, 0.4) is 0 Å². The van der Waals surface area contributed by atoms with E-state index in [1.807, 2.05) is 0 Å². The highest BCUT2D eigenvalue weighted by Gasteiger charge is 2.48. The van der Waals surface area contributed by atoms with Gasteiger partial charge in [-0.15, -0.1) is 26.6 Å². The minimum absolute atomic E-state index is 0.107. The van der Waals surface area contributed by atoms with E-state index < -0.39 is 43.4 Å². The summed E-state index contributed by atoms with van der Waals surface area (Å²) in [5.74, 6) is -4.12. The number of anilines is 2. The Morgan fingerprint density at radius 1 is 1.29 bits per heavy atom. The van der Waals surface area contributed by atoms with Crippen LogP contribution in [0.25, 0.3) is 0 Å². The van der Waals surface area contributed by atoms with Crippen molar-refractivity contribution in [3.63, 3.8) is 0 Å². The molecule has 42 heavy (non-hydrogen) atoms. The van der Waals surface area contributed by atoms with E-state index in [0.29, 0.717) is 47.9 Å². The summed E-state index contributed by atoms with van der Waals surface area (Å²) in [5.41, 5.74) is 1.12. The zero-order valence-corrected chi connectivity index (χ0v) is 23.3. The molecule has 2 fully saturated rings. The van der Waals surface area contributed by atoms with E-state index in [1.165, 1.54) is 28.4 Å². The zero-order chi connectivity index (χ0) is 29.8. The first kappa shape index (κ1) is 28.6. The summed E-state index contributed by atoms with van der Waals surface area (Å²) in [5, 5.41) is 17.8. The molecule has 3 heterocycles. The van der Waals surface area contributed by atoms with Gasteiger partial charge in [0.2, 0.25) is 17.8 Å². The summed E-state index contributed by atoms with van der Waals surface area (Å²) >= 11 is 1.35. The van der Waals surface area contributed by atoms with Crippen LogP contribution >= 0.6 is 11.3 Å². The van der Waals surface area contributed by atoms with Crippen molar-refractivity contribution in [2.45, 2.75) is 69.7 Å². The first-order valence-corrected chi connectivity index (χ1v) is 14.4. The van der Waals surface area contributed by atoms with Gasteiger partial charge in [-0.1, -0.05) is 0 Å². The fourth-order valence-corrected chi connectivity index (χ4v) is 6.95. The molecular weight excluding hydrogens is 585 g/mol. The molecule has 3 aromatic rings. The molecule has 0 aromatic carbocycles. The molecule has 0 saturated heterocycles. The quantitative estimate of drug-likeness (QED) is 0.308. The Hall–Kier alpha value is -3.56. The largest absolute Gasteiger partial charge is 0.415 e. The van der Waals surface area contributed by atoms with Crippen LogP contribution in [-0.4, -0.2) is 61.5 Å². The van der Waals surface area contributed by atoms with Gasteiger partial charge in [-0.25, -0.2) is 17.9 Å². The van der Waals surface area contributed by atoms with E-state index >= 15 is 0 Å². The lowest BCUT2D eigenvalue weighted by atomic mass is 9.77. The van der Waals surface area contributed by atoms with Crippen molar-refractivity contribution < 1.29 is 36.3 Å². The number of carbonyl (C=O) groups is 2. The van der Waals surface area contributed by atoms with Crippen LogP contribution in [0.15, 0.2) is 12.4 Å². The second-order valence-electron chi connectivity index (χ2n) is 11.1. The number of ether oxygens (including phenoxy) is 1. The van der Waals surface area contributed by atoms with Crippen molar-refractivity contribution >= 4 is 34.8 Å². The predicted octanol–water partition coefficient (Wildman–Crippen LogP) is 4.39. The van der Waals surface area contributed by atoms with Gasteiger partial charge in [-0.05, 0) is 31.2 Å². The molecule has 2 N–H and O–H groups in total. The van der Waals surface area contributed by atoms with Crippen LogP contribution in [0.5, 0.6) is 5.88 Å². The number of hydrogen-bond donors (Lipinski definition) is 2. The molecule has 16 heteroatoms. The van der Waals surface area contributed by atoms with Gasteiger partial charge >= 0.3 is 6.61 Å². The van der Waals surface area contributed by atoms with Gasteiger partial charge in [0, 0.05) is 66.6 Å². The summed E-state index contributed by atoms with van der Waals surface area (Å²) in [6.45, 7) is -2.85. The topological polar surface area (TPSA) is 116 Å². The normalized spacial score (nSPS) is 22.9. The molecule has 0 unspecified atom stereocenters. The van der Waals surface area contributed by atoms with Gasteiger partial charge in [0.1, 0.15) is 24.1 Å². The number of amides is 1. The fraction of sp³-hybridized carbons (Fsp3) is 0.577. The number of ketones is 1. The number of Topliss-reactive ketones (excluding diaryl/α,β-unsaturated/α-hetero) is 1. The molecule has 1 amide bonds. The number of thiophene rings is 1. The van der Waals surface area contributed by atoms with Gasteiger partial charge in [-0.2, -0.15) is 8.78 Å². The van der Waals surface area contributed by atoms with Crippen LogP contribution in [-0.2, 0) is 31.1 Å². The summed E-state index contributed by atoms with van der Waals surface area (Å²) < 4.78 is 73.0. The number of aromatic nitrogens is 5. The Morgan fingerprint density at radius 2 is 2.05 bits per heavy atom. The average Bonchev–Trinajstić information content (AvgIpc) is 3.21. The average molecular weight is 614 g/mol. The molecular formula is C26H28F5N7O3S. The van der Waals surface area contributed by atoms with Crippen molar-refractivity contribution in [2.24, 2.45) is 18.9 Å². The van der Waals surface area contributed by atoms with Crippen molar-refractivity contribution in [1.82, 2.24) is 29.9 Å². The third kappa shape index (κ3) is 5.85. The lowest BCUT2D eigenvalue weighted by Gasteiger charge is -2.33. The minimum Gasteiger partial charge on any atom is -0.415 e. The van der Waals surface area contributed by atoms with Crippen LogP contribution in [0.4, 0.5) is 33.7 Å². The molecule has 10 nitrogen and oxygen atoms in total. The Bertz CT molecular complexity index is 1500. The van der Waals surface area contributed by atoms with Gasteiger partial charge in [0.15, 0.2) is 0 Å². The lowest BCUT2D eigenvalue weighted by Crippen LogP contribution is -2.40. The van der Waals surface area contributed by atoms with E-state index in [0.717, 1.165) is 10.4 Å². The van der Waals surface area contributed by atoms with E-state index in [1.54, 1.807) is 11.6 Å². The van der Waals surface area contributed by atoms with Gasteiger partial charge in [0.25, 0.3) is 5.91 Å². The van der Waals surface area contributed by atoms with Gasteiger partial charge in [0.05, 0.1) is 5.56 Å². The molecule has 0 bridgehead atoms. The number of hydrogen-bond acceptors (Lipinski definition) is 8. The Kier molecular flexibility index (Phi) is 7.43. The molecule has 3 atom stereocenters. The van der Waals surface area contributed by atoms with Crippen LogP contribution < -0.4 is 15.4 Å². The molecule has 226 valence electrons. The Labute approximate surface area is 240 Å². The number of aryl methyl sites for hydroxylation is 2. The number of rotatable bonds is 11. The SMILES string of the molecule is Cn1nc(OC(F)F)cc1Nc1nncn1[C@H]1CCc2sc(CC(=O)C3CC(F)(F)C3)c(C(=O)NC[C@@H]3C[C@@H]3F)c2C1. The molecule has 6 rings (SSSR count). The Morgan fingerprint density at radius 3 is 2.74 bits per heavy atom. The van der Waals surface area contributed by atoms with E-state index in [-0.39, 0.29) is 36.6 Å². The molecule has 3 aliphatic rings. The highest BCUT2D eigenvalue weighted by Crippen LogP contribution is 2.45. The van der Waals surface area contributed by atoms with Crippen molar-refractivity contribution in [3.05, 3.63) is 33.3 Å². The van der Waals surface area contributed by atoms with Crippen molar-refractivity contribution in [1.29, 1.82) is 0 Å². The maximum atomic E-state index is 13.5. The monoisotopic (exact) mass is 613 g/mol. The number of fused-ring (bicyclic) bond motifs is 1.